The summed E-state index contributed by atoms with van der Waals surface area (Å²) in [5.41, 5.74) is 1.24. The molecular weight excluding hydrogens is 340 g/mol. The Labute approximate surface area is 149 Å². The van der Waals surface area contributed by atoms with Gasteiger partial charge in [-0.05, 0) is 37.3 Å². The van der Waals surface area contributed by atoms with Gasteiger partial charge >= 0.3 is 0 Å². The predicted molar refractivity (Wildman–Crippen MR) is 97.1 cm³/mol. The Bertz CT molecular complexity index is 824. The zero-order valence-corrected chi connectivity index (χ0v) is 14.1. The second kappa shape index (κ2) is 7.36. The minimum Gasteiger partial charge on any atom is -0.377 e. The van der Waals surface area contributed by atoms with E-state index in [1.54, 1.807) is 0 Å². The molecule has 1 fully saturated rings. The van der Waals surface area contributed by atoms with Crippen LogP contribution in [0.3, 0.4) is 0 Å². The second-order valence-corrected chi connectivity index (χ2v) is 6.00. The fourth-order valence-electron chi connectivity index (χ4n) is 2.89. The average Bonchev–Trinajstić information content (AvgIpc) is 2.63. The van der Waals surface area contributed by atoms with Gasteiger partial charge in [0.15, 0.2) is 0 Å². The van der Waals surface area contributed by atoms with Crippen molar-refractivity contribution in [2.45, 2.75) is 13.0 Å². The van der Waals surface area contributed by atoms with E-state index in [0.29, 0.717) is 18.9 Å². The Kier molecular flexibility index (Phi) is 4.99. The number of hydrogen-bond acceptors (Lipinski definition) is 7. The van der Waals surface area contributed by atoms with Crippen molar-refractivity contribution >= 4 is 28.4 Å². The molecule has 1 unspecified atom stereocenters. The van der Waals surface area contributed by atoms with Crippen LogP contribution in [0, 0.1) is 20.2 Å². The third kappa shape index (κ3) is 3.72. The maximum Gasteiger partial charge on any atom is 0.299 e. The molecule has 136 valence electrons. The minimum absolute atomic E-state index is 0.202. The van der Waals surface area contributed by atoms with Gasteiger partial charge in [0.05, 0.1) is 29.1 Å². The number of nitrogens with zero attached hydrogens (tertiary/aromatic N) is 3. The van der Waals surface area contributed by atoms with Crippen LogP contribution in [0.15, 0.2) is 42.5 Å². The zero-order valence-electron chi connectivity index (χ0n) is 14.1. The minimum atomic E-state index is -0.658. The number of morpholine rings is 1. The molecule has 0 amide bonds. The van der Waals surface area contributed by atoms with Crippen molar-refractivity contribution in [3.8, 4) is 0 Å². The highest BCUT2D eigenvalue weighted by Gasteiger charge is 2.21. The van der Waals surface area contributed by atoms with Crippen LogP contribution >= 0.6 is 0 Å². The molecule has 1 saturated heterocycles. The van der Waals surface area contributed by atoms with Gasteiger partial charge in [0.1, 0.15) is 5.69 Å². The quantitative estimate of drug-likeness (QED) is 0.643. The molecule has 0 spiro atoms. The molecule has 1 aliphatic heterocycles. The number of rotatable bonds is 5. The Morgan fingerprint density at radius 1 is 1.12 bits per heavy atom. The van der Waals surface area contributed by atoms with Gasteiger partial charge in [-0.15, -0.1) is 0 Å². The Morgan fingerprint density at radius 3 is 2.46 bits per heavy atom. The molecule has 9 heteroatoms. The summed E-state index contributed by atoms with van der Waals surface area (Å²) in [6.45, 7) is 4.25. The first-order valence-electron chi connectivity index (χ1n) is 8.10. The molecule has 2 aromatic rings. The number of nitro benzene ring substituents is 2. The molecule has 0 radical (unpaired) electrons. The Balaban J connectivity index is 1.81. The largest absolute Gasteiger partial charge is 0.377 e. The highest BCUT2D eigenvalue weighted by Crippen LogP contribution is 2.32. The number of nitrogens with one attached hydrogen (secondary N) is 1. The van der Waals surface area contributed by atoms with Crippen molar-refractivity contribution < 1.29 is 14.6 Å². The van der Waals surface area contributed by atoms with Crippen molar-refractivity contribution in [2.75, 3.05) is 30.0 Å². The number of anilines is 3. The summed E-state index contributed by atoms with van der Waals surface area (Å²) in [5, 5.41) is 25.0. The van der Waals surface area contributed by atoms with Gasteiger partial charge in [0.25, 0.3) is 11.4 Å². The maximum atomic E-state index is 11.2. The van der Waals surface area contributed by atoms with Gasteiger partial charge in [-0.1, -0.05) is 0 Å². The van der Waals surface area contributed by atoms with Crippen LogP contribution < -0.4 is 10.2 Å². The number of benzene rings is 2. The standard InChI is InChI=1S/C17H18N4O5/c1-12-11-26-9-8-19(12)14-4-2-13(3-5-14)18-16-7-6-15(20(22)23)10-17(16)21(24)25/h2-7,10,12,18H,8-9,11H2,1H3. The molecule has 26 heavy (non-hydrogen) atoms. The highest BCUT2D eigenvalue weighted by atomic mass is 16.6. The summed E-state index contributed by atoms with van der Waals surface area (Å²) in [7, 11) is 0. The van der Waals surface area contributed by atoms with Crippen LogP contribution in [0.2, 0.25) is 0 Å². The lowest BCUT2D eigenvalue weighted by molar-refractivity contribution is -0.393. The van der Waals surface area contributed by atoms with Crippen LogP contribution in [-0.2, 0) is 4.74 Å². The highest BCUT2D eigenvalue weighted by molar-refractivity contribution is 5.72. The molecule has 1 aliphatic rings. The summed E-state index contributed by atoms with van der Waals surface area (Å²) < 4.78 is 5.43. The molecule has 1 atom stereocenters. The molecule has 3 rings (SSSR count). The molecule has 2 aromatic carbocycles. The number of hydrogen-bond donors (Lipinski definition) is 1. The molecule has 9 nitrogen and oxygen atoms in total. The van der Waals surface area contributed by atoms with Gasteiger partial charge in [-0.2, -0.15) is 0 Å². The molecule has 0 saturated carbocycles. The molecule has 1 N–H and O–H groups in total. The van der Waals surface area contributed by atoms with Crippen molar-refractivity contribution in [1.29, 1.82) is 0 Å². The van der Waals surface area contributed by atoms with Crippen LogP contribution in [0.25, 0.3) is 0 Å². The van der Waals surface area contributed by atoms with E-state index >= 15 is 0 Å². The van der Waals surface area contributed by atoms with E-state index in [9.17, 15) is 20.2 Å². The monoisotopic (exact) mass is 358 g/mol. The van der Waals surface area contributed by atoms with Gasteiger partial charge < -0.3 is 15.0 Å². The number of non-ortho nitro benzene ring substituents is 1. The summed E-state index contributed by atoms with van der Waals surface area (Å²) >= 11 is 0. The van der Waals surface area contributed by atoms with Crippen molar-refractivity contribution in [3.05, 3.63) is 62.7 Å². The molecule has 1 heterocycles. The lowest BCUT2D eigenvalue weighted by Gasteiger charge is -2.35. The topological polar surface area (TPSA) is 111 Å². The van der Waals surface area contributed by atoms with Gasteiger partial charge in [-0.25, -0.2) is 0 Å². The van der Waals surface area contributed by atoms with Crippen LogP contribution in [0.1, 0.15) is 6.92 Å². The van der Waals surface area contributed by atoms with Crippen molar-refractivity contribution in [1.82, 2.24) is 0 Å². The number of nitro groups is 2. The molecular formula is C17H18N4O5. The predicted octanol–water partition coefficient (Wildman–Crippen LogP) is 3.47. The van der Waals surface area contributed by atoms with Gasteiger partial charge in [0, 0.05) is 30.0 Å². The fourth-order valence-corrected chi connectivity index (χ4v) is 2.89. The Hall–Kier alpha value is -3.20. The first kappa shape index (κ1) is 17.6. The van der Waals surface area contributed by atoms with E-state index in [-0.39, 0.29) is 23.1 Å². The summed E-state index contributed by atoms with van der Waals surface area (Å²) in [6.07, 6.45) is 0. The summed E-state index contributed by atoms with van der Waals surface area (Å²) in [4.78, 5) is 23.0. The SMILES string of the molecule is CC1COCCN1c1ccc(Nc2ccc([N+](=O)[O-])cc2[N+](=O)[O-])cc1. The lowest BCUT2D eigenvalue weighted by Crippen LogP contribution is -2.43. The van der Waals surface area contributed by atoms with Crippen molar-refractivity contribution in [3.63, 3.8) is 0 Å². The van der Waals surface area contributed by atoms with E-state index in [4.69, 9.17) is 4.74 Å². The smallest absolute Gasteiger partial charge is 0.299 e. The van der Waals surface area contributed by atoms with Crippen LogP contribution in [-0.4, -0.2) is 35.6 Å². The molecule has 0 aromatic heterocycles. The first-order chi connectivity index (χ1) is 12.5. The third-order valence-corrected chi connectivity index (χ3v) is 4.23. The van der Waals surface area contributed by atoms with Crippen LogP contribution in [0.5, 0.6) is 0 Å². The fraction of sp³-hybridized carbons (Fsp3) is 0.294. The molecule has 0 aliphatic carbocycles. The normalized spacial score (nSPS) is 17.0. The second-order valence-electron chi connectivity index (χ2n) is 6.00. The van der Waals surface area contributed by atoms with Crippen LogP contribution in [0.4, 0.5) is 28.4 Å². The first-order valence-corrected chi connectivity index (χ1v) is 8.10. The van der Waals surface area contributed by atoms with E-state index in [1.807, 2.05) is 24.3 Å². The number of ether oxygens (including phenoxy) is 1. The van der Waals surface area contributed by atoms with Gasteiger partial charge in [0.2, 0.25) is 0 Å². The third-order valence-electron chi connectivity index (χ3n) is 4.23. The lowest BCUT2D eigenvalue weighted by atomic mass is 10.2. The summed E-state index contributed by atoms with van der Waals surface area (Å²) in [6, 6.07) is 11.3. The van der Waals surface area contributed by atoms with Crippen molar-refractivity contribution in [2.24, 2.45) is 0 Å². The van der Waals surface area contributed by atoms with Gasteiger partial charge in [-0.3, -0.25) is 20.2 Å². The maximum absolute atomic E-state index is 11.2. The zero-order chi connectivity index (χ0) is 18.7. The van der Waals surface area contributed by atoms with E-state index in [1.165, 1.54) is 12.1 Å². The summed E-state index contributed by atoms with van der Waals surface area (Å²) in [5.74, 6) is 0. The van der Waals surface area contributed by atoms with E-state index in [0.717, 1.165) is 18.3 Å². The van der Waals surface area contributed by atoms with E-state index < -0.39 is 9.85 Å². The molecule has 0 bridgehead atoms. The Morgan fingerprint density at radius 2 is 1.85 bits per heavy atom. The average molecular weight is 358 g/mol. The van der Waals surface area contributed by atoms with E-state index in [2.05, 4.69) is 17.1 Å².